The number of benzene rings is 2. The van der Waals surface area contributed by atoms with Crippen molar-refractivity contribution in [2.75, 3.05) is 6.61 Å². The van der Waals surface area contributed by atoms with Crippen LogP contribution in [0.25, 0.3) is 0 Å². The van der Waals surface area contributed by atoms with Gasteiger partial charge in [0.2, 0.25) is 0 Å². The monoisotopic (exact) mass is 613 g/mol. The zero-order valence-corrected chi connectivity index (χ0v) is 24.5. The van der Waals surface area contributed by atoms with Gasteiger partial charge in [-0.1, -0.05) is 30.2 Å². The Bertz CT molecular complexity index is 1340. The van der Waals surface area contributed by atoms with Crippen LogP contribution in [0.1, 0.15) is 81.8 Å². The van der Waals surface area contributed by atoms with Crippen molar-refractivity contribution in [2.45, 2.75) is 76.7 Å². The maximum absolute atomic E-state index is 13.9. The van der Waals surface area contributed by atoms with Crippen LogP contribution in [0.15, 0.2) is 63.4 Å². The van der Waals surface area contributed by atoms with Crippen LogP contribution in [0.4, 0.5) is 0 Å². The van der Waals surface area contributed by atoms with E-state index in [1.165, 1.54) is 0 Å². The van der Waals surface area contributed by atoms with E-state index in [9.17, 15) is 14.7 Å². The molecule has 3 aliphatic rings. The van der Waals surface area contributed by atoms with Gasteiger partial charge in [0.15, 0.2) is 17.3 Å². The lowest BCUT2D eigenvalue weighted by Crippen LogP contribution is -2.37. The van der Waals surface area contributed by atoms with Crippen LogP contribution >= 0.6 is 27.5 Å². The van der Waals surface area contributed by atoms with E-state index in [0.717, 1.165) is 43.4 Å². The summed E-state index contributed by atoms with van der Waals surface area (Å²) in [5.41, 5.74) is 4.22. The zero-order chi connectivity index (χ0) is 27.7. The molecule has 5 rings (SSSR count). The molecule has 0 aromatic heterocycles. The number of ketones is 1. The molecule has 206 valence electrons. The molecule has 1 aliphatic heterocycles. The summed E-state index contributed by atoms with van der Waals surface area (Å²) in [5.74, 6) is -0.802. The number of phenols is 1. The van der Waals surface area contributed by atoms with E-state index in [1.54, 1.807) is 12.1 Å². The number of phenolic OH excluding ortho intramolecular Hbond substituents is 1. The van der Waals surface area contributed by atoms with Gasteiger partial charge in [0.25, 0.3) is 0 Å². The molecule has 2 aromatic carbocycles. The number of hydrogen-bond acceptors (Lipinski definition) is 6. The maximum atomic E-state index is 13.9. The largest absolute Gasteiger partial charge is 0.503 e. The number of nitrogens with one attached hydrogen (secondary N) is 1. The van der Waals surface area contributed by atoms with Crippen molar-refractivity contribution in [1.29, 1.82) is 0 Å². The number of carbonyl (C=O) groups excluding carboxylic acids is 2. The lowest BCUT2D eigenvalue weighted by molar-refractivity contribution is -0.146. The summed E-state index contributed by atoms with van der Waals surface area (Å²) in [6.45, 7) is 4.06. The number of Topliss-reactive ketones (excluding diaryl/α,β-unsaturated/α-hetero) is 1. The molecule has 2 aliphatic carbocycles. The third-order valence-electron chi connectivity index (χ3n) is 7.90. The molecule has 1 fully saturated rings. The van der Waals surface area contributed by atoms with E-state index in [4.69, 9.17) is 21.1 Å². The van der Waals surface area contributed by atoms with E-state index >= 15 is 0 Å². The molecule has 0 bridgehead atoms. The molecule has 39 heavy (non-hydrogen) atoms. The minimum Gasteiger partial charge on any atom is -0.503 e. The molecular formula is C31H33BrClNO5. The van der Waals surface area contributed by atoms with Crippen molar-refractivity contribution >= 4 is 39.3 Å². The molecule has 0 saturated heterocycles. The third kappa shape index (κ3) is 5.75. The quantitative estimate of drug-likeness (QED) is 0.329. The van der Waals surface area contributed by atoms with Gasteiger partial charge in [-0.3, -0.25) is 4.79 Å². The number of halogens is 2. The first kappa shape index (κ1) is 27.8. The van der Waals surface area contributed by atoms with Crippen LogP contribution in [0.2, 0.25) is 5.02 Å². The molecule has 2 atom stereocenters. The average Bonchev–Trinajstić information content (AvgIpc) is 2.91. The Labute approximate surface area is 242 Å². The summed E-state index contributed by atoms with van der Waals surface area (Å²) < 4.78 is 12.2. The molecule has 6 nitrogen and oxygen atoms in total. The summed E-state index contributed by atoms with van der Waals surface area (Å²) in [6.07, 6.45) is 5.76. The van der Waals surface area contributed by atoms with E-state index in [2.05, 4.69) is 21.2 Å². The van der Waals surface area contributed by atoms with Gasteiger partial charge < -0.3 is 19.9 Å². The highest BCUT2D eigenvalue weighted by atomic mass is 79.9. The van der Waals surface area contributed by atoms with E-state index in [-0.39, 0.29) is 23.6 Å². The maximum Gasteiger partial charge on any atom is 0.337 e. The third-order valence-corrected chi connectivity index (χ3v) is 8.76. The molecule has 1 saturated carbocycles. The van der Waals surface area contributed by atoms with Gasteiger partial charge in [-0.2, -0.15) is 0 Å². The number of hydrogen-bond donors (Lipinski definition) is 2. The number of allylic oxidation sites excluding steroid dienone is 3. The molecule has 2 N–H and O–H groups in total. The first-order valence-corrected chi connectivity index (χ1v) is 14.8. The highest BCUT2D eigenvalue weighted by molar-refractivity contribution is 9.10. The van der Waals surface area contributed by atoms with E-state index in [0.29, 0.717) is 57.1 Å². The van der Waals surface area contributed by atoms with Gasteiger partial charge in [0, 0.05) is 34.3 Å². The van der Waals surface area contributed by atoms with Gasteiger partial charge in [-0.15, -0.1) is 0 Å². The number of aromatic hydroxyl groups is 1. The fourth-order valence-corrected chi connectivity index (χ4v) is 6.62. The first-order chi connectivity index (χ1) is 18.8. The van der Waals surface area contributed by atoms with Crippen molar-refractivity contribution in [1.82, 2.24) is 5.32 Å². The second-order valence-electron chi connectivity index (χ2n) is 10.5. The normalized spacial score (nSPS) is 21.9. The Morgan fingerprint density at radius 3 is 2.51 bits per heavy atom. The number of ether oxygens (including phenoxy) is 2. The number of carbonyl (C=O) groups is 2. The van der Waals surface area contributed by atoms with Crippen molar-refractivity contribution in [3.05, 3.63) is 79.6 Å². The molecular weight excluding hydrogens is 582 g/mol. The Morgan fingerprint density at radius 2 is 1.82 bits per heavy atom. The molecule has 0 unspecified atom stereocenters. The van der Waals surface area contributed by atoms with Gasteiger partial charge >= 0.3 is 5.97 Å². The lowest BCUT2D eigenvalue weighted by atomic mass is 9.71. The molecule has 0 spiro atoms. The second kappa shape index (κ2) is 11.8. The number of dihydropyridines is 1. The molecule has 0 amide bonds. The predicted molar refractivity (Wildman–Crippen MR) is 154 cm³/mol. The molecule has 8 heteroatoms. The Morgan fingerprint density at radius 1 is 1.10 bits per heavy atom. The Hall–Kier alpha value is -2.77. The first-order valence-electron chi connectivity index (χ1n) is 13.6. The van der Waals surface area contributed by atoms with Crippen molar-refractivity contribution in [3.8, 4) is 11.5 Å². The number of esters is 1. The minimum absolute atomic E-state index is 0.00394. The minimum atomic E-state index is -0.646. The van der Waals surface area contributed by atoms with Crippen molar-refractivity contribution < 1.29 is 24.2 Å². The van der Waals surface area contributed by atoms with Crippen molar-refractivity contribution in [3.63, 3.8) is 0 Å². The Kier molecular flexibility index (Phi) is 8.38. The highest BCUT2D eigenvalue weighted by Gasteiger charge is 2.42. The fraction of sp³-hybridized carbons (Fsp3) is 0.419. The summed E-state index contributed by atoms with van der Waals surface area (Å²) in [7, 11) is 0. The predicted octanol–water partition coefficient (Wildman–Crippen LogP) is 7.44. The van der Waals surface area contributed by atoms with Gasteiger partial charge in [0.05, 0.1) is 16.7 Å². The summed E-state index contributed by atoms with van der Waals surface area (Å²) in [5, 5.41) is 14.6. The van der Waals surface area contributed by atoms with Crippen LogP contribution in [0.3, 0.4) is 0 Å². The lowest BCUT2D eigenvalue weighted by Gasteiger charge is -2.37. The van der Waals surface area contributed by atoms with E-state index in [1.807, 2.05) is 38.1 Å². The smallest absolute Gasteiger partial charge is 0.337 e. The Balaban J connectivity index is 1.58. The van der Waals surface area contributed by atoms with Gasteiger partial charge in [-0.25, -0.2) is 4.79 Å². The van der Waals surface area contributed by atoms with Crippen LogP contribution in [-0.4, -0.2) is 29.6 Å². The van der Waals surface area contributed by atoms with Gasteiger partial charge in [0.1, 0.15) is 6.10 Å². The van der Waals surface area contributed by atoms with Crippen LogP contribution in [0, 0.1) is 0 Å². The summed E-state index contributed by atoms with van der Waals surface area (Å²) >= 11 is 9.54. The topological polar surface area (TPSA) is 84.9 Å². The number of rotatable bonds is 6. The second-order valence-corrected chi connectivity index (χ2v) is 11.8. The van der Waals surface area contributed by atoms with Gasteiger partial charge in [-0.05, 0) is 103 Å². The highest BCUT2D eigenvalue weighted by Crippen LogP contribution is 2.48. The summed E-state index contributed by atoms with van der Waals surface area (Å²) in [6, 6.07) is 11.1. The fourth-order valence-electron chi connectivity index (χ4n) is 6.04. The average molecular weight is 615 g/mol. The van der Waals surface area contributed by atoms with Crippen LogP contribution in [-0.2, 0) is 14.3 Å². The van der Waals surface area contributed by atoms with Crippen LogP contribution in [0.5, 0.6) is 11.5 Å². The molecule has 2 aromatic rings. The van der Waals surface area contributed by atoms with E-state index < -0.39 is 11.9 Å². The van der Waals surface area contributed by atoms with Crippen LogP contribution < -0.4 is 10.1 Å². The molecule has 1 heterocycles. The standard InChI is InChI=1S/C31H33BrClNO5/c1-3-38-26-16-20(13-23(32)30(26)36)28-27(31(37)39-22-7-5-4-6-8-22)17(2)34-24-14-19(15-25(35)29(24)28)18-9-11-21(33)12-10-18/h9-13,16,19,22,28,34,36H,3-8,14-15H2,1-2H3/t19-,28-/m1/s1. The zero-order valence-electron chi connectivity index (χ0n) is 22.2. The summed E-state index contributed by atoms with van der Waals surface area (Å²) in [4.78, 5) is 27.7. The van der Waals surface area contributed by atoms with Crippen molar-refractivity contribution in [2.24, 2.45) is 0 Å². The SMILES string of the molecule is CCOc1cc([C@@H]2C(C(=O)OC3CCCCC3)=C(C)NC3=C2C(=O)C[C@H](c2ccc(Cl)cc2)C3)cc(Br)c1O. The molecule has 0 radical (unpaired) electrons.